The molecule has 0 bridgehead atoms. The van der Waals surface area contributed by atoms with Gasteiger partial charge < -0.3 is 10.5 Å². The van der Waals surface area contributed by atoms with Crippen LogP contribution in [0.4, 0.5) is 0 Å². The summed E-state index contributed by atoms with van der Waals surface area (Å²) in [4.78, 5) is 13.2. The minimum absolute atomic E-state index is 0.0691. The molecule has 0 spiro atoms. The third-order valence-electron chi connectivity index (χ3n) is 3.26. The Bertz CT molecular complexity index is 378. The van der Waals surface area contributed by atoms with Gasteiger partial charge in [-0.2, -0.15) is 0 Å². The van der Waals surface area contributed by atoms with Crippen molar-refractivity contribution in [2.24, 2.45) is 5.73 Å². The van der Waals surface area contributed by atoms with Gasteiger partial charge in [0.15, 0.2) is 0 Å². The number of nitrogens with zero attached hydrogens (tertiary/aromatic N) is 1. The molecule has 1 heterocycles. The summed E-state index contributed by atoms with van der Waals surface area (Å²) >= 11 is 0. The molecule has 0 atom stereocenters. The van der Waals surface area contributed by atoms with E-state index in [0.29, 0.717) is 0 Å². The van der Waals surface area contributed by atoms with E-state index in [2.05, 4.69) is 11.5 Å². The van der Waals surface area contributed by atoms with E-state index in [0.717, 1.165) is 43.7 Å². The molecule has 0 aromatic heterocycles. The second-order valence-electron chi connectivity index (χ2n) is 4.76. The van der Waals surface area contributed by atoms with Gasteiger partial charge in [-0.15, -0.1) is 0 Å². The summed E-state index contributed by atoms with van der Waals surface area (Å²) < 4.78 is 5.23. The van der Waals surface area contributed by atoms with Crippen molar-refractivity contribution < 1.29 is 9.53 Å². The fourth-order valence-electron chi connectivity index (χ4n) is 2.23. The molecule has 1 aliphatic heterocycles. The molecule has 106 valence electrons. The summed E-state index contributed by atoms with van der Waals surface area (Å²) in [5.41, 5.74) is 7.84. The zero-order valence-electron chi connectivity index (χ0n) is 11.9. The van der Waals surface area contributed by atoms with Crippen molar-refractivity contribution in [2.75, 3.05) is 19.6 Å². The van der Waals surface area contributed by atoms with Gasteiger partial charge in [0.1, 0.15) is 6.10 Å². The highest BCUT2D eigenvalue weighted by atomic mass is 16.5. The highest BCUT2D eigenvalue weighted by Gasteiger charge is 2.21. The van der Waals surface area contributed by atoms with E-state index < -0.39 is 0 Å². The van der Waals surface area contributed by atoms with Crippen LogP contribution in [-0.4, -0.2) is 36.6 Å². The Labute approximate surface area is 115 Å². The van der Waals surface area contributed by atoms with Crippen molar-refractivity contribution in [3.05, 3.63) is 36.1 Å². The summed E-state index contributed by atoms with van der Waals surface area (Å²) in [5, 5.41) is 0. The second kappa shape index (κ2) is 7.79. The molecule has 0 unspecified atom stereocenters. The molecule has 0 amide bonds. The van der Waals surface area contributed by atoms with Crippen LogP contribution in [-0.2, 0) is 9.53 Å². The number of hydrogen-bond acceptors (Lipinski definition) is 4. The first kappa shape index (κ1) is 15.5. The van der Waals surface area contributed by atoms with E-state index >= 15 is 0 Å². The van der Waals surface area contributed by atoms with E-state index in [4.69, 9.17) is 10.5 Å². The predicted molar refractivity (Wildman–Crippen MR) is 77.5 cm³/mol. The highest BCUT2D eigenvalue weighted by Crippen LogP contribution is 2.16. The van der Waals surface area contributed by atoms with E-state index in [1.807, 2.05) is 19.1 Å². The normalized spacial score (nSPS) is 19.3. The van der Waals surface area contributed by atoms with Crippen molar-refractivity contribution in [2.45, 2.75) is 32.8 Å². The maximum absolute atomic E-state index is 10.9. The van der Waals surface area contributed by atoms with Gasteiger partial charge in [0.2, 0.25) is 0 Å². The van der Waals surface area contributed by atoms with Crippen LogP contribution < -0.4 is 5.73 Å². The van der Waals surface area contributed by atoms with Gasteiger partial charge in [-0.25, -0.2) is 0 Å². The lowest BCUT2D eigenvalue weighted by molar-refractivity contribution is -0.148. The first-order valence-electron chi connectivity index (χ1n) is 6.70. The molecule has 1 rings (SSSR count). The molecule has 0 aromatic carbocycles. The van der Waals surface area contributed by atoms with Crippen molar-refractivity contribution in [1.82, 2.24) is 4.90 Å². The first-order valence-corrected chi connectivity index (χ1v) is 6.70. The number of hydrogen-bond donors (Lipinski definition) is 1. The molecule has 0 aliphatic carbocycles. The number of nitrogens with two attached hydrogens (primary N) is 1. The Kier molecular flexibility index (Phi) is 6.36. The topological polar surface area (TPSA) is 55.6 Å². The summed E-state index contributed by atoms with van der Waals surface area (Å²) in [7, 11) is 0. The molecule has 4 nitrogen and oxygen atoms in total. The number of carbonyl (C=O) groups is 1. The first-order chi connectivity index (χ1) is 9.06. The van der Waals surface area contributed by atoms with Crippen LogP contribution in [0, 0.1) is 0 Å². The third-order valence-corrected chi connectivity index (χ3v) is 3.26. The van der Waals surface area contributed by atoms with Crippen LogP contribution in [0.15, 0.2) is 36.1 Å². The number of esters is 1. The van der Waals surface area contributed by atoms with Gasteiger partial charge in [-0.05, 0) is 25.3 Å². The fourth-order valence-corrected chi connectivity index (χ4v) is 2.23. The number of allylic oxidation sites excluding steroid dienone is 3. The zero-order chi connectivity index (χ0) is 14.3. The SMILES string of the molecule is C=C/C=C(CN1CCC(OC(C)=O)CC1)\C(N)=C/C. The molecule has 1 fully saturated rings. The lowest BCUT2D eigenvalue weighted by atomic mass is 10.1. The molecule has 4 heteroatoms. The quantitative estimate of drug-likeness (QED) is 0.609. The molecule has 2 N–H and O–H groups in total. The van der Waals surface area contributed by atoms with Gasteiger partial charge in [0.05, 0.1) is 0 Å². The van der Waals surface area contributed by atoms with Gasteiger partial charge in [-0.3, -0.25) is 9.69 Å². The predicted octanol–water partition coefficient (Wildman–Crippen LogP) is 1.99. The van der Waals surface area contributed by atoms with Crippen molar-refractivity contribution >= 4 is 5.97 Å². The van der Waals surface area contributed by atoms with Crippen LogP contribution in [0.25, 0.3) is 0 Å². The number of carbonyl (C=O) groups excluding carboxylic acids is 1. The standard InChI is InChI=1S/C15H24N2O2/c1-4-6-13(15(16)5-2)11-17-9-7-14(8-10-17)19-12(3)18/h4-6,14H,1,7-11,16H2,2-3H3/b13-6-,15-5+. The maximum atomic E-state index is 10.9. The monoisotopic (exact) mass is 264 g/mol. The molecular weight excluding hydrogens is 240 g/mol. The molecule has 0 radical (unpaired) electrons. The zero-order valence-corrected chi connectivity index (χ0v) is 11.9. The van der Waals surface area contributed by atoms with Crippen LogP contribution in [0.5, 0.6) is 0 Å². The van der Waals surface area contributed by atoms with E-state index in [-0.39, 0.29) is 12.1 Å². The van der Waals surface area contributed by atoms with Gasteiger partial charge in [0.25, 0.3) is 0 Å². The number of rotatable bonds is 5. The summed E-state index contributed by atoms with van der Waals surface area (Å²) in [6.07, 6.45) is 7.46. The van der Waals surface area contributed by atoms with Crippen LogP contribution in [0.2, 0.25) is 0 Å². The smallest absolute Gasteiger partial charge is 0.302 e. The largest absolute Gasteiger partial charge is 0.462 e. The number of ether oxygens (including phenoxy) is 1. The average Bonchev–Trinajstić information content (AvgIpc) is 2.39. The van der Waals surface area contributed by atoms with E-state index in [1.165, 1.54) is 6.92 Å². The van der Waals surface area contributed by atoms with Crippen LogP contribution >= 0.6 is 0 Å². The summed E-state index contributed by atoms with van der Waals surface area (Å²) in [5.74, 6) is -0.191. The Balaban J connectivity index is 2.49. The van der Waals surface area contributed by atoms with E-state index in [9.17, 15) is 4.79 Å². The average molecular weight is 264 g/mol. The van der Waals surface area contributed by atoms with Gasteiger partial charge in [0, 0.05) is 32.3 Å². The molecular formula is C15H24N2O2. The third kappa shape index (κ3) is 5.30. The highest BCUT2D eigenvalue weighted by molar-refractivity contribution is 5.66. The molecule has 0 saturated carbocycles. The lowest BCUT2D eigenvalue weighted by Gasteiger charge is -2.32. The molecule has 19 heavy (non-hydrogen) atoms. The Morgan fingerprint density at radius 2 is 2.11 bits per heavy atom. The minimum Gasteiger partial charge on any atom is -0.462 e. The Hall–Kier alpha value is -1.55. The number of piperidine rings is 1. The number of likely N-dealkylation sites (tertiary alicyclic amines) is 1. The molecule has 1 saturated heterocycles. The molecule has 0 aromatic rings. The Morgan fingerprint density at radius 1 is 1.47 bits per heavy atom. The van der Waals surface area contributed by atoms with Crippen LogP contribution in [0.1, 0.15) is 26.7 Å². The van der Waals surface area contributed by atoms with Crippen molar-refractivity contribution in [3.63, 3.8) is 0 Å². The second-order valence-corrected chi connectivity index (χ2v) is 4.76. The Morgan fingerprint density at radius 3 is 2.58 bits per heavy atom. The minimum atomic E-state index is -0.191. The summed E-state index contributed by atoms with van der Waals surface area (Å²) in [6.45, 7) is 9.77. The summed E-state index contributed by atoms with van der Waals surface area (Å²) in [6, 6.07) is 0. The van der Waals surface area contributed by atoms with Crippen LogP contribution in [0.3, 0.4) is 0 Å². The maximum Gasteiger partial charge on any atom is 0.302 e. The fraction of sp³-hybridized carbons (Fsp3) is 0.533. The van der Waals surface area contributed by atoms with Crippen molar-refractivity contribution in [3.8, 4) is 0 Å². The van der Waals surface area contributed by atoms with E-state index in [1.54, 1.807) is 6.08 Å². The van der Waals surface area contributed by atoms with Crippen molar-refractivity contribution in [1.29, 1.82) is 0 Å². The van der Waals surface area contributed by atoms with Gasteiger partial charge in [-0.1, -0.05) is 24.8 Å². The lowest BCUT2D eigenvalue weighted by Crippen LogP contribution is -2.39. The van der Waals surface area contributed by atoms with Gasteiger partial charge >= 0.3 is 5.97 Å². The molecule has 1 aliphatic rings.